The van der Waals surface area contributed by atoms with Crippen molar-refractivity contribution in [2.24, 2.45) is 5.10 Å². The summed E-state index contributed by atoms with van der Waals surface area (Å²) in [6, 6.07) is 18.3. The third kappa shape index (κ3) is 4.27. The lowest BCUT2D eigenvalue weighted by molar-refractivity contribution is 0.106. The fraction of sp³-hybridized carbons (Fsp3) is 0.211. The van der Waals surface area contributed by atoms with Crippen LogP contribution in [0.3, 0.4) is 0 Å². The highest BCUT2D eigenvalue weighted by molar-refractivity contribution is 6.51. The van der Waals surface area contributed by atoms with E-state index in [0.717, 1.165) is 11.3 Å². The van der Waals surface area contributed by atoms with Gasteiger partial charge < -0.3 is 0 Å². The molecule has 2 aromatic carbocycles. The average Bonchev–Trinajstić information content (AvgIpc) is 2.55. The van der Waals surface area contributed by atoms with Crippen LogP contribution in [0.1, 0.15) is 36.7 Å². The molecule has 0 atom stereocenters. The van der Waals surface area contributed by atoms with E-state index in [1.165, 1.54) is 0 Å². The summed E-state index contributed by atoms with van der Waals surface area (Å²) in [5.74, 6) is -0.392. The van der Waals surface area contributed by atoms with Gasteiger partial charge in [-0.3, -0.25) is 10.2 Å². The molecule has 0 aliphatic rings. The molecule has 0 heterocycles. The van der Waals surface area contributed by atoms with Crippen LogP contribution in [-0.2, 0) is 5.41 Å². The topological polar surface area (TPSA) is 65.2 Å². The Labute approximate surface area is 136 Å². The smallest absolute Gasteiger partial charge is 0.223 e. The standard InChI is InChI=1S/C19H19N3O/c1-19(2,3)15-11-9-14(10-12-15)18(23)17(13-20)22-21-16-7-5-4-6-8-16/h4-12,21H,1-3H3. The van der Waals surface area contributed by atoms with Gasteiger partial charge >= 0.3 is 0 Å². The largest absolute Gasteiger partial charge is 0.286 e. The average molecular weight is 305 g/mol. The number of hydrazone groups is 1. The molecule has 1 N–H and O–H groups in total. The zero-order chi connectivity index (χ0) is 16.9. The molecule has 2 rings (SSSR count). The van der Waals surface area contributed by atoms with Crippen LogP contribution in [0.4, 0.5) is 5.69 Å². The maximum atomic E-state index is 12.4. The molecule has 4 nitrogen and oxygen atoms in total. The molecule has 0 amide bonds. The van der Waals surface area contributed by atoms with Gasteiger partial charge in [-0.25, -0.2) is 0 Å². The lowest BCUT2D eigenvalue weighted by Crippen LogP contribution is -2.15. The first-order valence-corrected chi connectivity index (χ1v) is 7.36. The monoisotopic (exact) mass is 305 g/mol. The van der Waals surface area contributed by atoms with Gasteiger partial charge in [0.1, 0.15) is 6.07 Å². The number of nitrogens with one attached hydrogen (secondary N) is 1. The maximum absolute atomic E-state index is 12.4. The molecule has 0 spiro atoms. The highest BCUT2D eigenvalue weighted by atomic mass is 16.1. The maximum Gasteiger partial charge on any atom is 0.223 e. The third-order valence-electron chi connectivity index (χ3n) is 3.40. The predicted molar refractivity (Wildman–Crippen MR) is 92.6 cm³/mol. The molecule has 0 saturated heterocycles. The van der Waals surface area contributed by atoms with Crippen molar-refractivity contribution in [3.05, 3.63) is 65.7 Å². The molecule has 0 aliphatic carbocycles. The number of benzene rings is 2. The van der Waals surface area contributed by atoms with E-state index in [-0.39, 0.29) is 11.1 Å². The van der Waals surface area contributed by atoms with Gasteiger partial charge in [-0.2, -0.15) is 10.4 Å². The van der Waals surface area contributed by atoms with Crippen LogP contribution in [-0.4, -0.2) is 11.5 Å². The number of nitriles is 1. The van der Waals surface area contributed by atoms with E-state index in [0.29, 0.717) is 5.56 Å². The van der Waals surface area contributed by atoms with Crippen molar-refractivity contribution in [1.29, 1.82) is 5.26 Å². The minimum atomic E-state index is -0.392. The molecule has 4 heteroatoms. The zero-order valence-corrected chi connectivity index (χ0v) is 13.5. The Hall–Kier alpha value is -2.93. The highest BCUT2D eigenvalue weighted by Gasteiger charge is 2.17. The Balaban J connectivity index is 2.18. The van der Waals surface area contributed by atoms with E-state index in [2.05, 4.69) is 31.3 Å². The number of carbonyl (C=O) groups excluding carboxylic acids is 1. The van der Waals surface area contributed by atoms with Crippen molar-refractivity contribution in [2.45, 2.75) is 26.2 Å². The predicted octanol–water partition coefficient (Wildman–Crippen LogP) is 4.16. The molecule has 0 aliphatic heterocycles. The quantitative estimate of drug-likeness (QED) is 0.524. The van der Waals surface area contributed by atoms with E-state index in [9.17, 15) is 10.1 Å². The highest BCUT2D eigenvalue weighted by Crippen LogP contribution is 2.22. The number of rotatable bonds is 4. The van der Waals surface area contributed by atoms with Crippen molar-refractivity contribution in [1.82, 2.24) is 0 Å². The van der Waals surface area contributed by atoms with Gasteiger partial charge in [0.25, 0.3) is 0 Å². The minimum absolute atomic E-state index is 0.0165. The molecular formula is C19H19N3O. The Morgan fingerprint density at radius 1 is 1.04 bits per heavy atom. The molecule has 0 bridgehead atoms. The normalized spacial score (nSPS) is 11.7. The molecule has 23 heavy (non-hydrogen) atoms. The molecule has 0 fully saturated rings. The Morgan fingerprint density at radius 3 is 2.17 bits per heavy atom. The summed E-state index contributed by atoms with van der Waals surface area (Å²) in [6.07, 6.45) is 0. The number of hydrogen-bond acceptors (Lipinski definition) is 4. The number of para-hydroxylation sites is 1. The number of carbonyl (C=O) groups is 1. The van der Waals surface area contributed by atoms with Gasteiger partial charge in [0.2, 0.25) is 11.5 Å². The second-order valence-corrected chi connectivity index (χ2v) is 6.21. The van der Waals surface area contributed by atoms with Crippen LogP contribution >= 0.6 is 0 Å². The minimum Gasteiger partial charge on any atom is -0.286 e. The van der Waals surface area contributed by atoms with Crippen molar-refractivity contribution in [3.63, 3.8) is 0 Å². The van der Waals surface area contributed by atoms with Gasteiger partial charge in [0.05, 0.1) is 5.69 Å². The Bertz CT molecular complexity index is 748. The van der Waals surface area contributed by atoms with Gasteiger partial charge in [0, 0.05) is 5.56 Å². The van der Waals surface area contributed by atoms with Gasteiger partial charge in [-0.1, -0.05) is 63.2 Å². The molecule has 2 aromatic rings. The fourth-order valence-electron chi connectivity index (χ4n) is 2.02. The van der Waals surface area contributed by atoms with Crippen LogP contribution < -0.4 is 5.43 Å². The molecule has 0 saturated carbocycles. The van der Waals surface area contributed by atoms with Crippen LogP contribution in [0.15, 0.2) is 59.7 Å². The summed E-state index contributed by atoms with van der Waals surface area (Å²) in [5, 5.41) is 13.1. The first kappa shape index (κ1) is 16.4. The summed E-state index contributed by atoms with van der Waals surface area (Å²) in [5.41, 5.74) is 4.88. The summed E-state index contributed by atoms with van der Waals surface area (Å²) in [4.78, 5) is 12.4. The van der Waals surface area contributed by atoms with Crippen LogP contribution in [0, 0.1) is 11.3 Å². The van der Waals surface area contributed by atoms with E-state index >= 15 is 0 Å². The summed E-state index contributed by atoms with van der Waals surface area (Å²) in [7, 11) is 0. The summed E-state index contributed by atoms with van der Waals surface area (Å²) >= 11 is 0. The number of Topliss-reactive ketones (excluding diaryl/α,β-unsaturated/α-hetero) is 1. The lowest BCUT2D eigenvalue weighted by atomic mass is 9.86. The number of hydrogen-bond donors (Lipinski definition) is 1. The van der Waals surface area contributed by atoms with E-state index in [4.69, 9.17) is 0 Å². The molecule has 0 aromatic heterocycles. The van der Waals surface area contributed by atoms with Crippen molar-refractivity contribution < 1.29 is 4.79 Å². The van der Waals surface area contributed by atoms with Crippen molar-refractivity contribution in [2.75, 3.05) is 5.43 Å². The van der Waals surface area contributed by atoms with Crippen LogP contribution in [0.25, 0.3) is 0 Å². The SMILES string of the molecule is CC(C)(C)c1ccc(C(=O)C(C#N)=NNc2ccccc2)cc1. The van der Waals surface area contributed by atoms with Crippen molar-refractivity contribution in [3.8, 4) is 6.07 Å². The van der Waals surface area contributed by atoms with E-state index in [1.807, 2.05) is 36.4 Å². The summed E-state index contributed by atoms with van der Waals surface area (Å²) in [6.45, 7) is 6.32. The lowest BCUT2D eigenvalue weighted by Gasteiger charge is -2.18. The van der Waals surface area contributed by atoms with Gasteiger partial charge in [-0.05, 0) is 23.1 Å². The number of anilines is 1. The van der Waals surface area contributed by atoms with Gasteiger partial charge in [0.15, 0.2) is 0 Å². The van der Waals surface area contributed by atoms with Crippen LogP contribution in [0.5, 0.6) is 0 Å². The second-order valence-electron chi connectivity index (χ2n) is 6.21. The fourth-order valence-corrected chi connectivity index (χ4v) is 2.02. The Morgan fingerprint density at radius 2 is 1.65 bits per heavy atom. The number of nitrogens with zero attached hydrogens (tertiary/aromatic N) is 2. The Kier molecular flexibility index (Phi) is 4.92. The van der Waals surface area contributed by atoms with Crippen molar-refractivity contribution >= 4 is 17.2 Å². The third-order valence-corrected chi connectivity index (χ3v) is 3.40. The summed E-state index contributed by atoms with van der Waals surface area (Å²) < 4.78 is 0. The molecule has 116 valence electrons. The molecule has 0 unspecified atom stereocenters. The molecule has 0 radical (unpaired) electrons. The second kappa shape index (κ2) is 6.89. The van der Waals surface area contributed by atoms with E-state index < -0.39 is 5.78 Å². The first-order chi connectivity index (χ1) is 10.9. The van der Waals surface area contributed by atoms with E-state index in [1.54, 1.807) is 24.3 Å². The number of ketones is 1. The van der Waals surface area contributed by atoms with Crippen LogP contribution in [0.2, 0.25) is 0 Å². The molecular weight excluding hydrogens is 286 g/mol. The zero-order valence-electron chi connectivity index (χ0n) is 13.5. The first-order valence-electron chi connectivity index (χ1n) is 7.36. The van der Waals surface area contributed by atoms with Gasteiger partial charge in [-0.15, -0.1) is 0 Å².